The fraction of sp³-hybridized carbons (Fsp3) is 0.667. The van der Waals surface area contributed by atoms with Crippen LogP contribution in [0.1, 0.15) is 32.1 Å². The van der Waals surface area contributed by atoms with Gasteiger partial charge in [-0.15, -0.1) is 6.58 Å². The lowest BCUT2D eigenvalue weighted by Gasteiger charge is -2.20. The SMILES string of the molecule is C=CCNC(CN)CC1=CCCCC1. The average Bonchev–Trinajstić information content (AvgIpc) is 2.25. The molecule has 0 aliphatic heterocycles. The Hall–Kier alpha value is -0.600. The largest absolute Gasteiger partial charge is 0.329 e. The second-order valence-corrected chi connectivity index (χ2v) is 3.94. The summed E-state index contributed by atoms with van der Waals surface area (Å²) in [6.45, 7) is 5.27. The predicted octanol–water partition coefficient (Wildman–Crippen LogP) is 1.98. The zero-order valence-corrected chi connectivity index (χ0v) is 8.97. The number of allylic oxidation sites excluding steroid dienone is 1. The molecular formula is C12H22N2. The summed E-state index contributed by atoms with van der Waals surface area (Å²) in [5.74, 6) is 0. The summed E-state index contributed by atoms with van der Waals surface area (Å²) in [4.78, 5) is 0. The normalized spacial score (nSPS) is 18.8. The minimum absolute atomic E-state index is 0.428. The Morgan fingerprint density at radius 2 is 2.43 bits per heavy atom. The lowest BCUT2D eigenvalue weighted by atomic mass is 9.94. The number of nitrogens with two attached hydrogens (primary N) is 1. The smallest absolute Gasteiger partial charge is 0.0230 e. The first-order valence-electron chi connectivity index (χ1n) is 5.59. The highest BCUT2D eigenvalue weighted by Crippen LogP contribution is 2.20. The zero-order chi connectivity index (χ0) is 10.2. The van der Waals surface area contributed by atoms with E-state index in [2.05, 4.69) is 18.0 Å². The van der Waals surface area contributed by atoms with Crippen molar-refractivity contribution in [3.63, 3.8) is 0 Å². The molecular weight excluding hydrogens is 172 g/mol. The highest BCUT2D eigenvalue weighted by Gasteiger charge is 2.10. The van der Waals surface area contributed by atoms with Gasteiger partial charge in [-0.1, -0.05) is 17.7 Å². The Labute approximate surface area is 87.3 Å². The van der Waals surface area contributed by atoms with Gasteiger partial charge in [-0.3, -0.25) is 0 Å². The van der Waals surface area contributed by atoms with Crippen molar-refractivity contribution in [2.75, 3.05) is 13.1 Å². The van der Waals surface area contributed by atoms with Crippen LogP contribution in [0.4, 0.5) is 0 Å². The molecule has 2 heteroatoms. The fourth-order valence-electron chi connectivity index (χ4n) is 1.90. The maximum Gasteiger partial charge on any atom is 0.0230 e. The van der Waals surface area contributed by atoms with Crippen molar-refractivity contribution in [3.05, 3.63) is 24.3 Å². The van der Waals surface area contributed by atoms with Crippen LogP contribution in [0.2, 0.25) is 0 Å². The molecule has 2 nitrogen and oxygen atoms in total. The molecule has 1 aliphatic rings. The Kier molecular flexibility index (Phi) is 5.57. The number of nitrogens with one attached hydrogen (secondary N) is 1. The molecule has 0 aromatic rings. The molecule has 1 rings (SSSR count). The van der Waals surface area contributed by atoms with Crippen molar-refractivity contribution in [2.24, 2.45) is 5.73 Å². The van der Waals surface area contributed by atoms with Crippen molar-refractivity contribution in [3.8, 4) is 0 Å². The monoisotopic (exact) mass is 194 g/mol. The molecule has 0 aromatic carbocycles. The van der Waals surface area contributed by atoms with Crippen molar-refractivity contribution in [2.45, 2.75) is 38.1 Å². The second kappa shape index (κ2) is 6.80. The van der Waals surface area contributed by atoms with E-state index >= 15 is 0 Å². The quantitative estimate of drug-likeness (QED) is 0.635. The van der Waals surface area contributed by atoms with Gasteiger partial charge in [0, 0.05) is 19.1 Å². The van der Waals surface area contributed by atoms with Gasteiger partial charge in [-0.05, 0) is 32.1 Å². The van der Waals surface area contributed by atoms with Crippen molar-refractivity contribution in [1.82, 2.24) is 5.32 Å². The minimum Gasteiger partial charge on any atom is -0.329 e. The Morgan fingerprint density at radius 3 is 3.00 bits per heavy atom. The van der Waals surface area contributed by atoms with Crippen LogP contribution in [0.25, 0.3) is 0 Å². The van der Waals surface area contributed by atoms with Gasteiger partial charge in [0.2, 0.25) is 0 Å². The molecule has 1 atom stereocenters. The summed E-state index contributed by atoms with van der Waals surface area (Å²) in [5, 5.41) is 3.38. The Bertz CT molecular complexity index is 196. The van der Waals surface area contributed by atoms with Gasteiger partial charge in [0.25, 0.3) is 0 Å². The lowest BCUT2D eigenvalue weighted by Crippen LogP contribution is -2.36. The third-order valence-electron chi connectivity index (χ3n) is 2.73. The molecule has 0 saturated carbocycles. The van der Waals surface area contributed by atoms with Crippen LogP contribution < -0.4 is 11.1 Å². The van der Waals surface area contributed by atoms with E-state index in [9.17, 15) is 0 Å². The minimum atomic E-state index is 0.428. The van der Waals surface area contributed by atoms with Gasteiger partial charge in [-0.2, -0.15) is 0 Å². The van der Waals surface area contributed by atoms with E-state index in [1.54, 1.807) is 5.57 Å². The van der Waals surface area contributed by atoms with Gasteiger partial charge in [0.15, 0.2) is 0 Å². The molecule has 1 unspecified atom stereocenters. The third kappa shape index (κ3) is 4.07. The van der Waals surface area contributed by atoms with Crippen LogP contribution in [-0.2, 0) is 0 Å². The molecule has 14 heavy (non-hydrogen) atoms. The molecule has 0 fully saturated rings. The summed E-state index contributed by atoms with van der Waals surface area (Å²) in [6.07, 6.45) is 10.6. The highest BCUT2D eigenvalue weighted by molar-refractivity contribution is 5.07. The van der Waals surface area contributed by atoms with E-state index in [1.165, 1.54) is 25.7 Å². The van der Waals surface area contributed by atoms with Crippen LogP contribution >= 0.6 is 0 Å². The van der Waals surface area contributed by atoms with Crippen LogP contribution in [-0.4, -0.2) is 19.1 Å². The van der Waals surface area contributed by atoms with E-state index in [-0.39, 0.29) is 0 Å². The molecule has 80 valence electrons. The molecule has 3 N–H and O–H groups in total. The van der Waals surface area contributed by atoms with Crippen molar-refractivity contribution in [1.29, 1.82) is 0 Å². The van der Waals surface area contributed by atoms with E-state index in [4.69, 9.17) is 5.73 Å². The first-order valence-corrected chi connectivity index (χ1v) is 5.59. The molecule has 0 heterocycles. The van der Waals surface area contributed by atoms with Crippen LogP contribution in [0.3, 0.4) is 0 Å². The number of hydrogen-bond acceptors (Lipinski definition) is 2. The lowest BCUT2D eigenvalue weighted by molar-refractivity contribution is 0.525. The van der Waals surface area contributed by atoms with E-state index in [0.29, 0.717) is 12.6 Å². The molecule has 0 radical (unpaired) electrons. The van der Waals surface area contributed by atoms with Crippen molar-refractivity contribution >= 4 is 0 Å². The van der Waals surface area contributed by atoms with E-state index in [1.807, 2.05) is 6.08 Å². The first kappa shape index (κ1) is 11.5. The molecule has 0 bridgehead atoms. The van der Waals surface area contributed by atoms with Gasteiger partial charge < -0.3 is 11.1 Å². The van der Waals surface area contributed by atoms with Crippen LogP contribution in [0.5, 0.6) is 0 Å². The fourth-order valence-corrected chi connectivity index (χ4v) is 1.90. The maximum atomic E-state index is 5.71. The summed E-state index contributed by atoms with van der Waals surface area (Å²) < 4.78 is 0. The molecule has 0 saturated heterocycles. The van der Waals surface area contributed by atoms with Gasteiger partial charge in [0.05, 0.1) is 0 Å². The second-order valence-electron chi connectivity index (χ2n) is 3.94. The standard InChI is InChI=1S/C12H22N2/c1-2-8-14-12(10-13)9-11-6-4-3-5-7-11/h2,6,12,14H,1,3-5,7-10,13H2. The van der Waals surface area contributed by atoms with Gasteiger partial charge >= 0.3 is 0 Å². The molecule has 0 aromatic heterocycles. The van der Waals surface area contributed by atoms with Crippen LogP contribution in [0.15, 0.2) is 24.3 Å². The van der Waals surface area contributed by atoms with Gasteiger partial charge in [0.1, 0.15) is 0 Å². The maximum absolute atomic E-state index is 5.71. The van der Waals surface area contributed by atoms with E-state index < -0.39 is 0 Å². The molecule has 0 amide bonds. The highest BCUT2D eigenvalue weighted by atomic mass is 14.9. The average molecular weight is 194 g/mol. The third-order valence-corrected chi connectivity index (χ3v) is 2.73. The number of hydrogen-bond donors (Lipinski definition) is 2. The van der Waals surface area contributed by atoms with Crippen molar-refractivity contribution < 1.29 is 0 Å². The van der Waals surface area contributed by atoms with E-state index in [0.717, 1.165) is 13.0 Å². The summed E-state index contributed by atoms with van der Waals surface area (Å²) >= 11 is 0. The van der Waals surface area contributed by atoms with Gasteiger partial charge in [-0.25, -0.2) is 0 Å². The molecule has 0 spiro atoms. The first-order chi connectivity index (χ1) is 6.86. The topological polar surface area (TPSA) is 38.0 Å². The number of rotatable bonds is 6. The summed E-state index contributed by atoms with van der Waals surface area (Å²) in [5.41, 5.74) is 7.29. The predicted molar refractivity (Wildman–Crippen MR) is 62.2 cm³/mol. The Balaban J connectivity index is 2.30. The Morgan fingerprint density at radius 1 is 1.57 bits per heavy atom. The summed E-state index contributed by atoms with van der Waals surface area (Å²) in [7, 11) is 0. The zero-order valence-electron chi connectivity index (χ0n) is 8.97. The van der Waals surface area contributed by atoms with Crippen LogP contribution in [0, 0.1) is 0 Å². The summed E-state index contributed by atoms with van der Waals surface area (Å²) in [6, 6.07) is 0.428. The molecule has 1 aliphatic carbocycles.